The van der Waals surface area contributed by atoms with Gasteiger partial charge in [-0.2, -0.15) is 10.5 Å². The van der Waals surface area contributed by atoms with E-state index in [1.165, 1.54) is 43.4 Å². The Morgan fingerprint density at radius 2 is 1.18 bits per heavy atom. The Kier molecular flexibility index (Phi) is 7.61. The molecular weight excluding hydrogens is 503 g/mol. The average Bonchev–Trinajstić information content (AvgIpc) is 3.73. The molecule has 3 heterocycles. The minimum Gasteiger partial charge on any atom is -0.341 e. The van der Waals surface area contributed by atoms with Crippen LogP contribution in [0.15, 0.2) is 71.8 Å². The number of nitriles is 2. The second-order valence-corrected chi connectivity index (χ2v) is 11.9. The fourth-order valence-corrected chi connectivity index (χ4v) is 7.00. The fraction of sp³-hybridized carbons (Fsp3) is 0.212. The van der Waals surface area contributed by atoms with Crippen molar-refractivity contribution in [3.05, 3.63) is 103 Å². The summed E-state index contributed by atoms with van der Waals surface area (Å²) in [5.74, 6) is 0. The van der Waals surface area contributed by atoms with Crippen molar-refractivity contribution in [1.82, 2.24) is 4.57 Å². The Bertz CT molecular complexity index is 1540. The van der Waals surface area contributed by atoms with Gasteiger partial charge in [0.2, 0.25) is 0 Å². The van der Waals surface area contributed by atoms with Gasteiger partial charge in [-0.3, -0.25) is 0 Å². The SMILES string of the molecule is CCCn1c(C2=CC=C(c3ccc(/C=C(/C)C#N)s3)C2)ccc1C1=CC=C(c2ccc(/C=C(/C)C#N)s2)C1. The van der Waals surface area contributed by atoms with Gasteiger partial charge in [0.05, 0.1) is 12.1 Å². The van der Waals surface area contributed by atoms with Crippen LogP contribution in [0.4, 0.5) is 0 Å². The van der Waals surface area contributed by atoms with Crippen molar-refractivity contribution < 1.29 is 0 Å². The minimum absolute atomic E-state index is 0.729. The van der Waals surface area contributed by atoms with Gasteiger partial charge in [-0.05, 0) is 91.1 Å². The molecule has 0 bridgehead atoms. The zero-order chi connectivity index (χ0) is 26.6. The predicted octanol–water partition coefficient (Wildman–Crippen LogP) is 9.62. The second kappa shape index (κ2) is 11.2. The normalized spacial score (nSPS) is 15.6. The highest BCUT2D eigenvalue weighted by Crippen LogP contribution is 2.41. The van der Waals surface area contributed by atoms with Crippen LogP contribution < -0.4 is 0 Å². The van der Waals surface area contributed by atoms with Crippen molar-refractivity contribution in [3.63, 3.8) is 0 Å². The molecule has 0 unspecified atom stereocenters. The largest absolute Gasteiger partial charge is 0.341 e. The summed E-state index contributed by atoms with van der Waals surface area (Å²) in [6.07, 6.45) is 15.9. The van der Waals surface area contributed by atoms with Gasteiger partial charge in [0.25, 0.3) is 0 Å². The molecule has 0 atom stereocenters. The highest BCUT2D eigenvalue weighted by molar-refractivity contribution is 7.14. The average molecular weight is 532 g/mol. The van der Waals surface area contributed by atoms with Crippen molar-refractivity contribution in [2.75, 3.05) is 0 Å². The zero-order valence-electron chi connectivity index (χ0n) is 21.9. The van der Waals surface area contributed by atoms with Crippen molar-refractivity contribution >= 4 is 57.1 Å². The van der Waals surface area contributed by atoms with Crippen LogP contribution >= 0.6 is 22.7 Å². The molecule has 0 saturated heterocycles. The third-order valence-corrected chi connectivity index (χ3v) is 8.99. The van der Waals surface area contributed by atoms with Crippen molar-refractivity contribution in [2.45, 2.75) is 46.6 Å². The second-order valence-electron chi connectivity index (χ2n) is 9.66. The van der Waals surface area contributed by atoms with Gasteiger partial charge in [-0.25, -0.2) is 0 Å². The van der Waals surface area contributed by atoms with E-state index in [4.69, 9.17) is 10.5 Å². The summed E-state index contributed by atoms with van der Waals surface area (Å²) in [6, 6.07) is 17.5. The predicted molar refractivity (Wildman–Crippen MR) is 163 cm³/mol. The van der Waals surface area contributed by atoms with Gasteiger partial charge >= 0.3 is 0 Å². The van der Waals surface area contributed by atoms with Crippen LogP contribution in [0.2, 0.25) is 0 Å². The first-order valence-electron chi connectivity index (χ1n) is 12.9. The van der Waals surface area contributed by atoms with Crippen LogP contribution in [0.3, 0.4) is 0 Å². The first-order valence-corrected chi connectivity index (χ1v) is 14.5. The number of nitrogens with zero attached hydrogens (tertiary/aromatic N) is 3. The molecule has 0 radical (unpaired) electrons. The summed E-state index contributed by atoms with van der Waals surface area (Å²) in [6.45, 7) is 6.91. The van der Waals surface area contributed by atoms with E-state index in [9.17, 15) is 0 Å². The van der Waals surface area contributed by atoms with Crippen LogP contribution in [0.25, 0.3) is 34.4 Å². The Labute approximate surface area is 233 Å². The molecule has 0 N–H and O–H groups in total. The van der Waals surface area contributed by atoms with Gasteiger partial charge in [0.1, 0.15) is 0 Å². The van der Waals surface area contributed by atoms with Gasteiger partial charge in [0, 0.05) is 61.4 Å². The van der Waals surface area contributed by atoms with E-state index in [-0.39, 0.29) is 0 Å². The molecule has 3 aromatic heterocycles. The maximum atomic E-state index is 9.08. The summed E-state index contributed by atoms with van der Waals surface area (Å²) >= 11 is 3.49. The van der Waals surface area contributed by atoms with E-state index >= 15 is 0 Å². The van der Waals surface area contributed by atoms with Gasteiger partial charge < -0.3 is 4.57 Å². The molecule has 3 nitrogen and oxygen atoms in total. The molecule has 0 amide bonds. The van der Waals surface area contributed by atoms with Crippen molar-refractivity contribution in [1.29, 1.82) is 10.5 Å². The van der Waals surface area contributed by atoms with Crippen LogP contribution in [0.1, 0.15) is 70.9 Å². The summed E-state index contributed by atoms with van der Waals surface area (Å²) in [5.41, 5.74) is 9.44. The fourth-order valence-electron chi connectivity index (χ4n) is 4.93. The Balaban J connectivity index is 1.31. The van der Waals surface area contributed by atoms with Crippen molar-refractivity contribution in [3.8, 4) is 12.1 Å². The zero-order valence-corrected chi connectivity index (χ0v) is 23.5. The highest BCUT2D eigenvalue weighted by Gasteiger charge is 2.21. The lowest BCUT2D eigenvalue weighted by molar-refractivity contribution is 0.667. The monoisotopic (exact) mass is 531 g/mol. The number of hydrogen-bond donors (Lipinski definition) is 0. The van der Waals surface area contributed by atoms with E-state index in [0.717, 1.165) is 46.7 Å². The number of allylic oxidation sites excluding steroid dienone is 10. The van der Waals surface area contributed by atoms with Crippen LogP contribution in [0, 0.1) is 22.7 Å². The van der Waals surface area contributed by atoms with Gasteiger partial charge in [-0.1, -0.05) is 31.2 Å². The molecule has 188 valence electrons. The molecule has 2 aliphatic carbocycles. The topological polar surface area (TPSA) is 52.5 Å². The molecule has 0 aliphatic heterocycles. The molecule has 0 saturated carbocycles. The summed E-state index contributed by atoms with van der Waals surface area (Å²) in [4.78, 5) is 4.78. The number of hydrogen-bond acceptors (Lipinski definition) is 4. The first-order chi connectivity index (χ1) is 18.5. The molecule has 0 fully saturated rings. The lowest BCUT2D eigenvalue weighted by Gasteiger charge is -2.15. The standard InChI is InChI=1S/C33H29N3S2/c1-4-15-36-30(24-5-7-26(18-24)32-13-9-28(37-32)16-22(2)20-34)11-12-31(36)25-6-8-27(19-25)33-14-10-29(38-33)17-23(3)21-35/h5-14,16-17H,4,15,18-19H2,1-3H3/b22-16-,23-17-. The Morgan fingerprint density at radius 3 is 1.61 bits per heavy atom. The van der Waals surface area contributed by atoms with Crippen molar-refractivity contribution in [2.24, 2.45) is 0 Å². The summed E-state index contributed by atoms with van der Waals surface area (Å²) in [5, 5.41) is 18.2. The minimum atomic E-state index is 0.729. The van der Waals surface area contributed by atoms with E-state index < -0.39 is 0 Å². The first kappa shape index (κ1) is 25.7. The molecule has 3 aromatic rings. The quantitative estimate of drug-likeness (QED) is 0.272. The Hall–Kier alpha value is -3.90. The van der Waals surface area contributed by atoms with E-state index in [1.807, 2.05) is 26.0 Å². The Morgan fingerprint density at radius 1 is 0.737 bits per heavy atom. The van der Waals surface area contributed by atoms with Gasteiger partial charge in [-0.15, -0.1) is 22.7 Å². The van der Waals surface area contributed by atoms with E-state index in [1.54, 1.807) is 22.7 Å². The lowest BCUT2D eigenvalue weighted by Crippen LogP contribution is -2.05. The maximum Gasteiger partial charge on any atom is 0.0944 e. The highest BCUT2D eigenvalue weighted by atomic mass is 32.1. The van der Waals surface area contributed by atoms with E-state index in [2.05, 4.69) is 84.3 Å². The third-order valence-electron chi connectivity index (χ3n) is 6.78. The molecule has 5 heteroatoms. The molecular formula is C33H29N3S2. The molecule has 2 aliphatic rings. The van der Waals surface area contributed by atoms with Gasteiger partial charge in [0.15, 0.2) is 0 Å². The van der Waals surface area contributed by atoms with E-state index in [0.29, 0.717) is 0 Å². The molecule has 0 spiro atoms. The third kappa shape index (κ3) is 5.36. The summed E-state index contributed by atoms with van der Waals surface area (Å²) < 4.78 is 2.49. The molecule has 38 heavy (non-hydrogen) atoms. The van der Waals surface area contributed by atoms with Crippen LogP contribution in [-0.2, 0) is 6.54 Å². The van der Waals surface area contributed by atoms with Crippen LogP contribution in [0.5, 0.6) is 0 Å². The maximum absolute atomic E-state index is 9.08. The smallest absolute Gasteiger partial charge is 0.0944 e. The number of rotatable bonds is 8. The number of aromatic nitrogens is 1. The van der Waals surface area contributed by atoms with Crippen LogP contribution in [-0.4, -0.2) is 4.57 Å². The number of thiophene rings is 2. The summed E-state index contributed by atoms with van der Waals surface area (Å²) in [7, 11) is 0. The lowest BCUT2D eigenvalue weighted by atomic mass is 10.1. The molecule has 5 rings (SSSR count). The molecule has 0 aromatic carbocycles.